The minimum Gasteiger partial charge on any atom is -0.497 e. The van der Waals surface area contributed by atoms with Crippen LogP contribution in [0.15, 0.2) is 48.5 Å². The van der Waals surface area contributed by atoms with Gasteiger partial charge in [-0.1, -0.05) is 30.7 Å². The lowest BCUT2D eigenvalue weighted by atomic mass is 10.1. The predicted octanol–water partition coefficient (Wildman–Crippen LogP) is 4.04. The summed E-state index contributed by atoms with van der Waals surface area (Å²) in [5.74, 6) is 0.880. The van der Waals surface area contributed by atoms with Crippen LogP contribution in [0.3, 0.4) is 0 Å². The number of amides is 1. The predicted molar refractivity (Wildman–Crippen MR) is 109 cm³/mol. The molecule has 1 aliphatic rings. The van der Waals surface area contributed by atoms with Crippen LogP contribution in [0.1, 0.15) is 47.2 Å². The second-order valence-electron chi connectivity index (χ2n) is 7.24. The highest BCUT2D eigenvalue weighted by atomic mass is 16.5. The van der Waals surface area contributed by atoms with E-state index in [-0.39, 0.29) is 5.91 Å². The topological polar surface area (TPSA) is 41.6 Å². The van der Waals surface area contributed by atoms with Gasteiger partial charge in [-0.05, 0) is 74.2 Å². The second kappa shape index (κ2) is 10.1. The number of carbonyl (C=O) groups excluding carboxylic acids is 1. The summed E-state index contributed by atoms with van der Waals surface area (Å²) >= 11 is 0. The molecule has 0 aliphatic carbocycles. The molecule has 1 heterocycles. The molecule has 2 aromatic rings. The van der Waals surface area contributed by atoms with Crippen molar-refractivity contribution in [2.24, 2.45) is 0 Å². The average Bonchev–Trinajstić information content (AvgIpc) is 2.73. The molecule has 1 saturated heterocycles. The standard InChI is InChI=1S/C23H30N2O2/c1-27-22-13-9-19(10-14-22)6-5-15-24-23(26)21-11-7-20(8-12-21)18-25-16-3-2-4-17-25/h7-14H,2-6,15-18H2,1H3,(H,24,26). The molecule has 0 spiro atoms. The normalized spacial score (nSPS) is 14.7. The molecule has 3 rings (SSSR count). The Balaban J connectivity index is 1.39. The molecule has 4 nitrogen and oxygen atoms in total. The third-order valence-corrected chi connectivity index (χ3v) is 5.16. The Morgan fingerprint density at radius 3 is 2.30 bits per heavy atom. The lowest BCUT2D eigenvalue weighted by Crippen LogP contribution is -2.29. The highest BCUT2D eigenvalue weighted by molar-refractivity contribution is 5.94. The molecule has 144 valence electrons. The monoisotopic (exact) mass is 366 g/mol. The molecular weight excluding hydrogens is 336 g/mol. The van der Waals surface area contributed by atoms with Gasteiger partial charge >= 0.3 is 0 Å². The van der Waals surface area contributed by atoms with E-state index in [4.69, 9.17) is 4.74 Å². The average molecular weight is 367 g/mol. The Hall–Kier alpha value is -2.33. The van der Waals surface area contributed by atoms with E-state index in [1.54, 1.807) is 7.11 Å². The molecule has 0 atom stereocenters. The number of aryl methyl sites for hydroxylation is 1. The number of rotatable bonds is 8. The molecule has 1 amide bonds. The van der Waals surface area contributed by atoms with Gasteiger partial charge in [0, 0.05) is 18.7 Å². The van der Waals surface area contributed by atoms with Gasteiger partial charge in [-0.15, -0.1) is 0 Å². The van der Waals surface area contributed by atoms with Gasteiger partial charge in [-0.2, -0.15) is 0 Å². The van der Waals surface area contributed by atoms with E-state index < -0.39 is 0 Å². The van der Waals surface area contributed by atoms with E-state index >= 15 is 0 Å². The van der Waals surface area contributed by atoms with E-state index in [0.717, 1.165) is 30.7 Å². The Morgan fingerprint density at radius 2 is 1.63 bits per heavy atom. The van der Waals surface area contributed by atoms with Crippen LogP contribution < -0.4 is 10.1 Å². The van der Waals surface area contributed by atoms with Crippen molar-refractivity contribution in [3.63, 3.8) is 0 Å². The van der Waals surface area contributed by atoms with Crippen LogP contribution in [-0.4, -0.2) is 37.6 Å². The van der Waals surface area contributed by atoms with Gasteiger partial charge in [0.15, 0.2) is 0 Å². The molecule has 1 fully saturated rings. The Bertz CT molecular complexity index is 704. The minimum atomic E-state index is 0.00857. The fourth-order valence-electron chi connectivity index (χ4n) is 3.53. The van der Waals surface area contributed by atoms with Crippen LogP contribution >= 0.6 is 0 Å². The van der Waals surface area contributed by atoms with Crippen LogP contribution in [0.4, 0.5) is 0 Å². The summed E-state index contributed by atoms with van der Waals surface area (Å²) in [7, 11) is 1.67. The van der Waals surface area contributed by atoms with Crippen molar-refractivity contribution in [3.8, 4) is 5.75 Å². The zero-order valence-electron chi connectivity index (χ0n) is 16.2. The van der Waals surface area contributed by atoms with Crippen molar-refractivity contribution in [1.29, 1.82) is 0 Å². The first kappa shape index (κ1) is 19.4. The first-order valence-electron chi connectivity index (χ1n) is 9.97. The summed E-state index contributed by atoms with van der Waals surface area (Å²) in [4.78, 5) is 14.8. The first-order valence-corrected chi connectivity index (χ1v) is 9.97. The zero-order valence-corrected chi connectivity index (χ0v) is 16.2. The molecule has 0 bridgehead atoms. The maximum atomic E-state index is 12.3. The Labute approximate surface area is 162 Å². The highest BCUT2D eigenvalue weighted by Crippen LogP contribution is 2.14. The maximum absolute atomic E-state index is 12.3. The molecule has 0 radical (unpaired) electrons. The number of piperidine rings is 1. The van der Waals surface area contributed by atoms with E-state index in [2.05, 4.69) is 34.5 Å². The molecule has 0 unspecified atom stereocenters. The maximum Gasteiger partial charge on any atom is 0.251 e. The van der Waals surface area contributed by atoms with E-state index in [1.807, 2.05) is 24.3 Å². The van der Waals surface area contributed by atoms with Gasteiger partial charge in [0.25, 0.3) is 5.91 Å². The number of ether oxygens (including phenoxy) is 1. The minimum absolute atomic E-state index is 0.00857. The number of methoxy groups -OCH3 is 1. The van der Waals surface area contributed by atoms with Crippen LogP contribution in [0, 0.1) is 0 Å². The van der Waals surface area contributed by atoms with Crippen molar-refractivity contribution in [2.45, 2.75) is 38.6 Å². The second-order valence-corrected chi connectivity index (χ2v) is 7.24. The number of nitrogens with zero attached hydrogens (tertiary/aromatic N) is 1. The number of nitrogens with one attached hydrogen (secondary N) is 1. The smallest absolute Gasteiger partial charge is 0.251 e. The molecule has 0 saturated carbocycles. The van der Waals surface area contributed by atoms with Crippen LogP contribution in [0.5, 0.6) is 5.75 Å². The molecule has 4 heteroatoms. The summed E-state index contributed by atoms with van der Waals surface area (Å²) in [5.41, 5.74) is 3.28. The van der Waals surface area contributed by atoms with Crippen molar-refractivity contribution >= 4 is 5.91 Å². The van der Waals surface area contributed by atoms with Gasteiger partial charge in [0.1, 0.15) is 5.75 Å². The third kappa shape index (κ3) is 6.10. The van der Waals surface area contributed by atoms with Crippen LogP contribution in [0.25, 0.3) is 0 Å². The first-order chi connectivity index (χ1) is 13.2. The van der Waals surface area contributed by atoms with Crippen molar-refractivity contribution in [1.82, 2.24) is 10.2 Å². The molecule has 1 N–H and O–H groups in total. The summed E-state index contributed by atoms with van der Waals surface area (Å²) in [5, 5.41) is 3.02. The molecule has 27 heavy (non-hydrogen) atoms. The summed E-state index contributed by atoms with van der Waals surface area (Å²) in [6, 6.07) is 16.1. The van der Waals surface area contributed by atoms with Crippen molar-refractivity contribution < 1.29 is 9.53 Å². The molecule has 1 aliphatic heterocycles. The van der Waals surface area contributed by atoms with E-state index in [9.17, 15) is 4.79 Å². The number of likely N-dealkylation sites (tertiary alicyclic amines) is 1. The van der Waals surface area contributed by atoms with Gasteiger partial charge in [0.05, 0.1) is 7.11 Å². The molecule has 2 aromatic carbocycles. The number of hydrogen-bond acceptors (Lipinski definition) is 3. The number of hydrogen-bond donors (Lipinski definition) is 1. The largest absolute Gasteiger partial charge is 0.497 e. The fraction of sp³-hybridized carbons (Fsp3) is 0.435. The van der Waals surface area contributed by atoms with Gasteiger partial charge in [-0.25, -0.2) is 0 Å². The summed E-state index contributed by atoms with van der Waals surface area (Å²) < 4.78 is 5.17. The highest BCUT2D eigenvalue weighted by Gasteiger charge is 2.11. The molecule has 0 aromatic heterocycles. The molecular formula is C23H30N2O2. The van der Waals surface area contributed by atoms with E-state index in [1.165, 1.54) is 43.5 Å². The van der Waals surface area contributed by atoms with Crippen LogP contribution in [-0.2, 0) is 13.0 Å². The SMILES string of the molecule is COc1ccc(CCCNC(=O)c2ccc(CN3CCCCC3)cc2)cc1. The lowest BCUT2D eigenvalue weighted by Gasteiger charge is -2.26. The van der Waals surface area contributed by atoms with Gasteiger partial charge < -0.3 is 10.1 Å². The van der Waals surface area contributed by atoms with Crippen molar-refractivity contribution in [3.05, 3.63) is 65.2 Å². The Kier molecular flexibility index (Phi) is 7.28. The van der Waals surface area contributed by atoms with Gasteiger partial charge in [0.2, 0.25) is 0 Å². The quantitative estimate of drug-likeness (QED) is 0.717. The van der Waals surface area contributed by atoms with Gasteiger partial charge in [-0.3, -0.25) is 9.69 Å². The van der Waals surface area contributed by atoms with Crippen molar-refractivity contribution in [2.75, 3.05) is 26.7 Å². The third-order valence-electron chi connectivity index (χ3n) is 5.16. The number of benzene rings is 2. The summed E-state index contributed by atoms with van der Waals surface area (Å²) in [6.45, 7) is 4.05. The fourth-order valence-corrected chi connectivity index (χ4v) is 3.53. The van der Waals surface area contributed by atoms with E-state index in [0.29, 0.717) is 6.54 Å². The Morgan fingerprint density at radius 1 is 0.963 bits per heavy atom. The summed E-state index contributed by atoms with van der Waals surface area (Å²) in [6.07, 6.45) is 5.83. The van der Waals surface area contributed by atoms with Crippen LogP contribution in [0.2, 0.25) is 0 Å². The zero-order chi connectivity index (χ0) is 18.9. The lowest BCUT2D eigenvalue weighted by molar-refractivity contribution is 0.0953. The number of carbonyl (C=O) groups is 1.